The predicted octanol–water partition coefficient (Wildman–Crippen LogP) is 9.08. The molecule has 0 nitrogen and oxygen atoms in total. The Kier molecular flexibility index (Phi) is 9.42. The molecule has 0 spiro atoms. The Hall–Kier alpha value is -0.780. The molecule has 1 aromatic carbocycles. The quantitative estimate of drug-likeness (QED) is 0.354. The molecular weight excluding hydrogens is 336 g/mol. The van der Waals surface area contributed by atoms with Crippen molar-refractivity contribution in [2.45, 2.75) is 122 Å². The average molecular weight is 383 g/mol. The van der Waals surface area contributed by atoms with E-state index in [1.54, 1.807) is 5.56 Å². The fraction of sp³-hybridized carbons (Fsp3) is 0.786. The Labute approximate surface area is 175 Å². The van der Waals surface area contributed by atoms with E-state index < -0.39 is 0 Å². The second kappa shape index (κ2) is 12.0. The van der Waals surface area contributed by atoms with Gasteiger partial charge in [-0.15, -0.1) is 0 Å². The summed E-state index contributed by atoms with van der Waals surface area (Å²) in [7, 11) is 0. The number of hydrogen-bond acceptors (Lipinski definition) is 0. The third-order valence-corrected chi connectivity index (χ3v) is 8.00. The first kappa shape index (κ1) is 21.9. The lowest BCUT2D eigenvalue weighted by Gasteiger charge is -2.32. The summed E-state index contributed by atoms with van der Waals surface area (Å²) in [5.74, 6) is 4.00. The highest BCUT2D eigenvalue weighted by molar-refractivity contribution is 5.25. The van der Waals surface area contributed by atoms with Crippen molar-refractivity contribution in [1.29, 1.82) is 0 Å². The molecule has 3 rings (SSSR count). The number of rotatable bonds is 10. The molecular formula is C28H46. The van der Waals surface area contributed by atoms with E-state index >= 15 is 0 Å². The van der Waals surface area contributed by atoms with Crippen LogP contribution >= 0.6 is 0 Å². The van der Waals surface area contributed by atoms with Crippen molar-refractivity contribution in [3.05, 3.63) is 35.4 Å². The third kappa shape index (κ3) is 6.93. The zero-order valence-corrected chi connectivity index (χ0v) is 18.9. The van der Waals surface area contributed by atoms with Gasteiger partial charge in [-0.2, -0.15) is 0 Å². The van der Waals surface area contributed by atoms with Gasteiger partial charge in [-0.25, -0.2) is 0 Å². The van der Waals surface area contributed by atoms with E-state index in [1.165, 1.54) is 108 Å². The lowest BCUT2D eigenvalue weighted by molar-refractivity contribution is 0.222. The average Bonchev–Trinajstić information content (AvgIpc) is 2.75. The van der Waals surface area contributed by atoms with Gasteiger partial charge in [0.05, 0.1) is 0 Å². The van der Waals surface area contributed by atoms with Crippen LogP contribution in [0.15, 0.2) is 24.3 Å². The van der Waals surface area contributed by atoms with E-state index in [-0.39, 0.29) is 0 Å². The Morgan fingerprint density at radius 3 is 1.68 bits per heavy atom. The first-order chi connectivity index (χ1) is 13.8. The van der Waals surface area contributed by atoms with Gasteiger partial charge in [0, 0.05) is 0 Å². The molecule has 0 unspecified atom stereocenters. The summed E-state index contributed by atoms with van der Waals surface area (Å²) in [6.07, 6.45) is 23.3. The fourth-order valence-corrected chi connectivity index (χ4v) is 5.99. The van der Waals surface area contributed by atoms with Gasteiger partial charge in [0.2, 0.25) is 0 Å². The molecule has 0 aliphatic heterocycles. The van der Waals surface area contributed by atoms with E-state index in [0.29, 0.717) is 0 Å². The maximum Gasteiger partial charge on any atom is -0.0162 e. The molecule has 0 atom stereocenters. The van der Waals surface area contributed by atoms with Gasteiger partial charge in [-0.05, 0) is 66.9 Å². The standard InChI is InChI=1S/C28H46/c1-3-5-6-8-24-9-11-25(12-10-24)13-14-26-17-21-28(22-18-26)27-19-15-23(7-4-2)16-20-27/h15-16,19-20,24-26,28H,3-14,17-18,21-22H2,1-2H3/t24-,25-,26-,28-. The van der Waals surface area contributed by atoms with Gasteiger partial charge >= 0.3 is 0 Å². The van der Waals surface area contributed by atoms with Crippen LogP contribution in [0.3, 0.4) is 0 Å². The minimum Gasteiger partial charge on any atom is -0.0654 e. The van der Waals surface area contributed by atoms with Crippen molar-refractivity contribution in [1.82, 2.24) is 0 Å². The van der Waals surface area contributed by atoms with Crippen LogP contribution in [0.4, 0.5) is 0 Å². The topological polar surface area (TPSA) is 0 Å². The van der Waals surface area contributed by atoms with E-state index in [0.717, 1.165) is 23.7 Å². The van der Waals surface area contributed by atoms with E-state index in [2.05, 4.69) is 38.1 Å². The maximum absolute atomic E-state index is 2.43. The molecule has 2 aliphatic rings. The lowest BCUT2D eigenvalue weighted by Crippen LogP contribution is -2.17. The smallest absolute Gasteiger partial charge is 0.0162 e. The van der Waals surface area contributed by atoms with Crippen LogP contribution in [0.1, 0.15) is 127 Å². The number of benzene rings is 1. The summed E-state index contributed by atoms with van der Waals surface area (Å²) in [5.41, 5.74) is 3.12. The summed E-state index contributed by atoms with van der Waals surface area (Å²) in [6, 6.07) is 9.61. The highest BCUT2D eigenvalue weighted by Gasteiger charge is 2.25. The van der Waals surface area contributed by atoms with Gasteiger partial charge in [0.25, 0.3) is 0 Å². The fourth-order valence-electron chi connectivity index (χ4n) is 5.99. The van der Waals surface area contributed by atoms with Gasteiger partial charge in [-0.1, -0.05) is 109 Å². The largest absolute Gasteiger partial charge is 0.0654 e. The Bertz CT molecular complexity index is 511. The van der Waals surface area contributed by atoms with Gasteiger partial charge < -0.3 is 0 Å². The second-order valence-electron chi connectivity index (χ2n) is 10.2. The predicted molar refractivity (Wildman–Crippen MR) is 124 cm³/mol. The molecule has 2 fully saturated rings. The SMILES string of the molecule is CCCCC[C@H]1CC[C@H](CC[C@H]2CC[C@H](c3ccc(CCC)cc3)CC2)CC1. The van der Waals surface area contributed by atoms with Crippen LogP contribution in [-0.4, -0.2) is 0 Å². The monoisotopic (exact) mass is 382 g/mol. The van der Waals surface area contributed by atoms with Crippen molar-refractivity contribution in [2.24, 2.45) is 17.8 Å². The molecule has 0 aromatic heterocycles. The Morgan fingerprint density at radius 2 is 1.14 bits per heavy atom. The molecule has 0 bridgehead atoms. The van der Waals surface area contributed by atoms with Crippen LogP contribution in [0.25, 0.3) is 0 Å². The van der Waals surface area contributed by atoms with E-state index in [9.17, 15) is 0 Å². The highest BCUT2D eigenvalue weighted by atomic mass is 14.3. The molecule has 0 heteroatoms. The van der Waals surface area contributed by atoms with E-state index in [1.807, 2.05) is 0 Å². The summed E-state index contributed by atoms with van der Waals surface area (Å²) in [6.45, 7) is 4.60. The van der Waals surface area contributed by atoms with Crippen LogP contribution < -0.4 is 0 Å². The number of hydrogen-bond donors (Lipinski definition) is 0. The van der Waals surface area contributed by atoms with E-state index in [4.69, 9.17) is 0 Å². The molecule has 158 valence electrons. The van der Waals surface area contributed by atoms with Crippen molar-refractivity contribution in [3.63, 3.8) is 0 Å². The maximum atomic E-state index is 2.43. The van der Waals surface area contributed by atoms with Crippen molar-refractivity contribution in [2.75, 3.05) is 0 Å². The minimum atomic E-state index is 0.838. The molecule has 0 heterocycles. The summed E-state index contributed by atoms with van der Waals surface area (Å²) < 4.78 is 0. The van der Waals surface area contributed by atoms with Crippen LogP contribution in [-0.2, 0) is 6.42 Å². The Balaban J connectivity index is 1.31. The van der Waals surface area contributed by atoms with Crippen LogP contribution in [0.2, 0.25) is 0 Å². The van der Waals surface area contributed by atoms with Gasteiger partial charge in [0.1, 0.15) is 0 Å². The summed E-state index contributed by atoms with van der Waals surface area (Å²) >= 11 is 0. The molecule has 2 saturated carbocycles. The highest BCUT2D eigenvalue weighted by Crippen LogP contribution is 2.40. The zero-order valence-electron chi connectivity index (χ0n) is 18.9. The first-order valence-electron chi connectivity index (χ1n) is 12.9. The molecule has 0 amide bonds. The normalized spacial score (nSPS) is 28.4. The third-order valence-electron chi connectivity index (χ3n) is 8.00. The van der Waals surface area contributed by atoms with Gasteiger partial charge in [0.15, 0.2) is 0 Å². The lowest BCUT2D eigenvalue weighted by atomic mass is 9.74. The minimum absolute atomic E-state index is 0.838. The molecule has 1 aromatic rings. The summed E-state index contributed by atoms with van der Waals surface area (Å²) in [5, 5.41) is 0. The second-order valence-corrected chi connectivity index (χ2v) is 10.2. The molecule has 0 saturated heterocycles. The van der Waals surface area contributed by atoms with Crippen molar-refractivity contribution >= 4 is 0 Å². The van der Waals surface area contributed by atoms with Crippen molar-refractivity contribution in [3.8, 4) is 0 Å². The van der Waals surface area contributed by atoms with Crippen LogP contribution in [0.5, 0.6) is 0 Å². The van der Waals surface area contributed by atoms with Crippen molar-refractivity contribution < 1.29 is 0 Å². The Morgan fingerprint density at radius 1 is 0.607 bits per heavy atom. The summed E-state index contributed by atoms with van der Waals surface area (Å²) in [4.78, 5) is 0. The zero-order chi connectivity index (χ0) is 19.6. The molecule has 0 radical (unpaired) electrons. The molecule has 2 aliphatic carbocycles. The van der Waals surface area contributed by atoms with Gasteiger partial charge in [-0.3, -0.25) is 0 Å². The molecule has 0 N–H and O–H groups in total. The molecule has 28 heavy (non-hydrogen) atoms. The number of aryl methyl sites for hydroxylation is 1. The van der Waals surface area contributed by atoms with Crippen LogP contribution in [0, 0.1) is 17.8 Å². The number of unbranched alkanes of at least 4 members (excludes halogenated alkanes) is 2. The first-order valence-corrected chi connectivity index (χ1v) is 12.9.